The van der Waals surface area contributed by atoms with Gasteiger partial charge < -0.3 is 10.1 Å². The van der Waals surface area contributed by atoms with Gasteiger partial charge in [-0.25, -0.2) is 0 Å². The highest BCUT2D eigenvalue weighted by molar-refractivity contribution is 6.37. The Morgan fingerprint density at radius 3 is 2.65 bits per heavy atom. The van der Waals surface area contributed by atoms with Crippen LogP contribution in [0.2, 0.25) is 10.0 Å². The molecule has 0 spiro atoms. The molecule has 6 heteroatoms. The number of hydrogen-bond acceptors (Lipinski definition) is 3. The lowest BCUT2D eigenvalue weighted by atomic mass is 9.99. The number of benzene rings is 1. The number of amides is 1. The summed E-state index contributed by atoms with van der Waals surface area (Å²) in [6.07, 6.45) is 2.52. The number of likely N-dealkylation sites (tertiary alicyclic amines) is 1. The first-order valence-corrected chi connectivity index (χ1v) is 8.73. The van der Waals surface area contributed by atoms with Gasteiger partial charge in [0.05, 0.1) is 17.2 Å². The normalized spacial score (nSPS) is 20.1. The van der Waals surface area contributed by atoms with Crippen LogP contribution in [-0.2, 0) is 0 Å². The molecule has 1 aromatic carbocycles. The summed E-state index contributed by atoms with van der Waals surface area (Å²) in [6.45, 7) is 7.22. The molecule has 0 radical (unpaired) electrons. The first-order valence-electron chi connectivity index (χ1n) is 7.97. The van der Waals surface area contributed by atoms with E-state index >= 15 is 0 Å². The quantitative estimate of drug-likeness (QED) is 0.868. The SMILES string of the molecule is COc1c(Cl)cc(C(=O)NCC(C)N2CCCC(C)C2)cc1Cl. The van der Waals surface area contributed by atoms with Crippen molar-refractivity contribution < 1.29 is 9.53 Å². The van der Waals surface area contributed by atoms with Crippen molar-refractivity contribution in [1.82, 2.24) is 10.2 Å². The van der Waals surface area contributed by atoms with Crippen LogP contribution in [0.3, 0.4) is 0 Å². The number of piperidine rings is 1. The summed E-state index contributed by atoms with van der Waals surface area (Å²) in [4.78, 5) is 14.7. The summed E-state index contributed by atoms with van der Waals surface area (Å²) in [6, 6.07) is 3.47. The van der Waals surface area contributed by atoms with Crippen LogP contribution in [0.25, 0.3) is 0 Å². The van der Waals surface area contributed by atoms with Crippen molar-refractivity contribution in [1.29, 1.82) is 0 Å². The van der Waals surface area contributed by atoms with Gasteiger partial charge in [-0.2, -0.15) is 0 Å². The first-order chi connectivity index (χ1) is 10.9. The topological polar surface area (TPSA) is 41.6 Å². The number of carbonyl (C=O) groups is 1. The van der Waals surface area contributed by atoms with Gasteiger partial charge in [0.2, 0.25) is 0 Å². The highest BCUT2D eigenvalue weighted by Crippen LogP contribution is 2.33. The Morgan fingerprint density at radius 1 is 1.43 bits per heavy atom. The number of nitrogens with zero attached hydrogens (tertiary/aromatic N) is 1. The van der Waals surface area contributed by atoms with Gasteiger partial charge in [0.25, 0.3) is 5.91 Å². The first kappa shape index (κ1) is 18.4. The number of rotatable bonds is 5. The van der Waals surface area contributed by atoms with Crippen LogP contribution in [0.1, 0.15) is 37.0 Å². The summed E-state index contributed by atoms with van der Waals surface area (Å²) < 4.78 is 5.10. The zero-order valence-electron chi connectivity index (χ0n) is 13.9. The van der Waals surface area contributed by atoms with Gasteiger partial charge in [0.1, 0.15) is 0 Å². The monoisotopic (exact) mass is 358 g/mol. The van der Waals surface area contributed by atoms with Crippen molar-refractivity contribution in [3.8, 4) is 5.75 Å². The van der Waals surface area contributed by atoms with E-state index in [0.717, 1.165) is 19.0 Å². The molecule has 0 bridgehead atoms. The van der Waals surface area contributed by atoms with Crippen LogP contribution in [0.15, 0.2) is 12.1 Å². The van der Waals surface area contributed by atoms with E-state index in [-0.39, 0.29) is 5.91 Å². The van der Waals surface area contributed by atoms with Gasteiger partial charge in [0.15, 0.2) is 5.75 Å². The molecule has 1 aliphatic rings. The van der Waals surface area contributed by atoms with Gasteiger partial charge in [-0.3, -0.25) is 9.69 Å². The van der Waals surface area contributed by atoms with Crippen LogP contribution in [0.4, 0.5) is 0 Å². The van der Waals surface area contributed by atoms with Crippen molar-refractivity contribution in [2.45, 2.75) is 32.7 Å². The van der Waals surface area contributed by atoms with E-state index in [1.54, 1.807) is 12.1 Å². The minimum absolute atomic E-state index is 0.173. The second-order valence-electron chi connectivity index (χ2n) is 6.27. The minimum Gasteiger partial charge on any atom is -0.494 e. The smallest absolute Gasteiger partial charge is 0.251 e. The fourth-order valence-corrected chi connectivity index (χ4v) is 3.62. The number of nitrogens with one attached hydrogen (secondary N) is 1. The minimum atomic E-state index is -0.173. The molecule has 1 saturated heterocycles. The van der Waals surface area contributed by atoms with Crippen molar-refractivity contribution >= 4 is 29.1 Å². The third-order valence-corrected chi connectivity index (χ3v) is 4.90. The number of halogens is 2. The zero-order valence-corrected chi connectivity index (χ0v) is 15.4. The molecule has 1 heterocycles. The third kappa shape index (κ3) is 4.75. The number of methoxy groups -OCH3 is 1. The zero-order chi connectivity index (χ0) is 17.0. The van der Waals surface area contributed by atoms with E-state index in [4.69, 9.17) is 27.9 Å². The number of carbonyl (C=O) groups excluding carboxylic acids is 1. The Hall–Kier alpha value is -0.970. The fourth-order valence-electron chi connectivity index (χ4n) is 2.98. The molecule has 2 rings (SSSR count). The number of ether oxygens (including phenoxy) is 1. The van der Waals surface area contributed by atoms with E-state index in [0.29, 0.717) is 33.9 Å². The summed E-state index contributed by atoms with van der Waals surface area (Å²) in [7, 11) is 1.49. The summed E-state index contributed by atoms with van der Waals surface area (Å²) in [5, 5.41) is 3.64. The lowest BCUT2D eigenvalue weighted by Gasteiger charge is -2.35. The van der Waals surface area contributed by atoms with Crippen LogP contribution in [-0.4, -0.2) is 43.6 Å². The Bertz CT molecular complexity index is 543. The largest absolute Gasteiger partial charge is 0.494 e. The lowest BCUT2D eigenvalue weighted by molar-refractivity contribution is 0.0917. The summed E-state index contributed by atoms with van der Waals surface area (Å²) in [5.41, 5.74) is 0.444. The van der Waals surface area contributed by atoms with Crippen LogP contribution >= 0.6 is 23.2 Å². The van der Waals surface area contributed by atoms with Gasteiger partial charge in [0, 0.05) is 24.7 Å². The van der Waals surface area contributed by atoms with Crippen molar-refractivity contribution in [3.05, 3.63) is 27.7 Å². The predicted molar refractivity (Wildman–Crippen MR) is 94.8 cm³/mol. The second kappa shape index (κ2) is 8.22. The van der Waals surface area contributed by atoms with E-state index in [1.807, 2.05) is 0 Å². The highest BCUT2D eigenvalue weighted by atomic mass is 35.5. The molecule has 1 aliphatic heterocycles. The van der Waals surface area contributed by atoms with Crippen LogP contribution in [0.5, 0.6) is 5.75 Å². The third-order valence-electron chi connectivity index (χ3n) is 4.33. The van der Waals surface area contributed by atoms with Gasteiger partial charge >= 0.3 is 0 Å². The highest BCUT2D eigenvalue weighted by Gasteiger charge is 2.21. The molecular weight excluding hydrogens is 335 g/mol. The maximum Gasteiger partial charge on any atom is 0.251 e. The summed E-state index contributed by atoms with van der Waals surface area (Å²) >= 11 is 12.2. The molecule has 1 N–H and O–H groups in total. The van der Waals surface area contributed by atoms with Crippen molar-refractivity contribution in [2.75, 3.05) is 26.7 Å². The average Bonchev–Trinajstić information content (AvgIpc) is 2.51. The van der Waals surface area contributed by atoms with Gasteiger partial charge in [-0.15, -0.1) is 0 Å². The van der Waals surface area contributed by atoms with Crippen LogP contribution in [0, 0.1) is 5.92 Å². The molecule has 1 aromatic rings. The second-order valence-corrected chi connectivity index (χ2v) is 7.09. The number of hydrogen-bond donors (Lipinski definition) is 1. The molecule has 0 aliphatic carbocycles. The lowest BCUT2D eigenvalue weighted by Crippen LogP contribution is -2.46. The molecule has 0 aromatic heterocycles. The van der Waals surface area contributed by atoms with Crippen molar-refractivity contribution in [3.63, 3.8) is 0 Å². The van der Waals surface area contributed by atoms with E-state index in [1.165, 1.54) is 20.0 Å². The Morgan fingerprint density at radius 2 is 2.09 bits per heavy atom. The van der Waals surface area contributed by atoms with E-state index < -0.39 is 0 Å². The predicted octanol–water partition coefficient (Wildman–Crippen LogP) is 3.85. The molecule has 0 saturated carbocycles. The molecular formula is C17H24Cl2N2O2. The van der Waals surface area contributed by atoms with Gasteiger partial charge in [-0.05, 0) is 44.4 Å². The molecule has 2 unspecified atom stereocenters. The van der Waals surface area contributed by atoms with Crippen molar-refractivity contribution in [2.24, 2.45) is 5.92 Å². The van der Waals surface area contributed by atoms with Gasteiger partial charge in [-0.1, -0.05) is 30.1 Å². The fraction of sp³-hybridized carbons (Fsp3) is 0.588. The molecule has 128 valence electrons. The molecule has 1 fully saturated rings. The molecule has 4 nitrogen and oxygen atoms in total. The Balaban J connectivity index is 1.94. The Labute approximate surface area is 148 Å². The molecule has 2 atom stereocenters. The Kier molecular flexibility index (Phi) is 6.57. The van der Waals surface area contributed by atoms with E-state index in [9.17, 15) is 4.79 Å². The van der Waals surface area contributed by atoms with Crippen LogP contribution < -0.4 is 10.1 Å². The van der Waals surface area contributed by atoms with E-state index in [2.05, 4.69) is 24.1 Å². The maximum absolute atomic E-state index is 12.3. The molecule has 23 heavy (non-hydrogen) atoms. The standard InChI is InChI=1S/C17H24Cl2N2O2/c1-11-5-4-6-21(10-11)12(2)9-20-17(22)13-7-14(18)16(23-3)15(19)8-13/h7-8,11-12H,4-6,9-10H2,1-3H3,(H,20,22). The average molecular weight is 359 g/mol. The summed E-state index contributed by atoms with van der Waals surface area (Å²) in [5.74, 6) is 0.940. The maximum atomic E-state index is 12.3. The molecule has 1 amide bonds.